The van der Waals surface area contributed by atoms with E-state index in [1.54, 1.807) is 0 Å². The molecule has 8 heteroatoms. The molecule has 2 rings (SSSR count). The molecular weight excluding hydrogens is 406 g/mol. The first kappa shape index (κ1) is 14.6. The fourth-order valence-corrected chi connectivity index (χ4v) is 3.24. The Morgan fingerprint density at radius 2 is 1.05 bits per heavy atom. The van der Waals surface area contributed by atoms with Crippen LogP contribution in [0.5, 0.6) is 0 Å². The van der Waals surface area contributed by atoms with Gasteiger partial charge in [-0.15, -0.1) is 0 Å². The van der Waals surface area contributed by atoms with Crippen LogP contribution in [-0.2, 0) is 5.33 Å². The lowest BCUT2D eigenvalue weighted by Gasteiger charge is -2.12. The maximum atomic E-state index is 13.7. The number of hydrogen-bond donors (Lipinski definition) is 0. The minimum Gasteiger partial charge on any atom is -0.203 e. The molecule has 0 radical (unpaired) electrons. The largest absolute Gasteiger partial charge is 0.203 e. The summed E-state index contributed by atoms with van der Waals surface area (Å²) in [6.45, 7) is 0. The quantitative estimate of drug-likeness (QED) is 0.259. The Kier molecular flexibility index (Phi) is 3.83. The fourth-order valence-electron chi connectivity index (χ4n) is 1.65. The molecule has 0 nitrogen and oxygen atoms in total. The van der Waals surface area contributed by atoms with Gasteiger partial charge in [0.05, 0.1) is 5.39 Å². The minimum atomic E-state index is -2.19. The Balaban J connectivity index is 3.18. The lowest BCUT2D eigenvalue weighted by molar-refractivity contribution is 0.414. The van der Waals surface area contributed by atoms with Crippen LogP contribution in [0.2, 0.25) is 0 Å². The van der Waals surface area contributed by atoms with Gasteiger partial charge in [-0.05, 0) is 15.9 Å². The zero-order chi connectivity index (χ0) is 14.5. The molecule has 0 aliphatic rings. The normalized spacial score (nSPS) is 11.4. The van der Waals surface area contributed by atoms with E-state index in [4.69, 9.17) is 0 Å². The summed E-state index contributed by atoms with van der Waals surface area (Å²) in [7, 11) is 0. The van der Waals surface area contributed by atoms with Gasteiger partial charge in [0.2, 0.25) is 0 Å². The van der Waals surface area contributed by atoms with Crippen LogP contribution >= 0.6 is 31.9 Å². The van der Waals surface area contributed by atoms with Crippen LogP contribution in [0.3, 0.4) is 0 Å². The van der Waals surface area contributed by atoms with Crippen LogP contribution in [0, 0.1) is 34.9 Å². The lowest BCUT2D eigenvalue weighted by Crippen LogP contribution is -2.05. The first-order valence-electron chi connectivity index (χ1n) is 4.69. The average Bonchev–Trinajstić information content (AvgIpc) is 2.38. The summed E-state index contributed by atoms with van der Waals surface area (Å²) in [5, 5.41) is -2.39. The first-order valence-corrected chi connectivity index (χ1v) is 6.61. The van der Waals surface area contributed by atoms with Crippen molar-refractivity contribution in [3.63, 3.8) is 0 Å². The second kappa shape index (κ2) is 4.97. The third-order valence-corrected chi connectivity index (χ3v) is 4.00. The molecular formula is C11H2Br2F6. The fraction of sp³-hybridized carbons (Fsp3) is 0.0909. The van der Waals surface area contributed by atoms with Gasteiger partial charge in [-0.1, -0.05) is 15.9 Å². The van der Waals surface area contributed by atoms with Crippen molar-refractivity contribution in [3.8, 4) is 0 Å². The summed E-state index contributed by atoms with van der Waals surface area (Å²) in [6, 6.07) is 0. The van der Waals surface area contributed by atoms with E-state index in [1.165, 1.54) is 0 Å². The zero-order valence-corrected chi connectivity index (χ0v) is 11.9. The van der Waals surface area contributed by atoms with E-state index in [0.717, 1.165) is 0 Å². The molecule has 0 heterocycles. The Morgan fingerprint density at radius 1 is 0.632 bits per heavy atom. The maximum Gasteiger partial charge on any atom is 0.198 e. The molecule has 2 aromatic rings. The molecule has 2 aromatic carbocycles. The third kappa shape index (κ3) is 1.96. The lowest BCUT2D eigenvalue weighted by atomic mass is 10.0. The summed E-state index contributed by atoms with van der Waals surface area (Å²) in [6.07, 6.45) is 0. The second-order valence-electron chi connectivity index (χ2n) is 3.56. The van der Waals surface area contributed by atoms with Crippen molar-refractivity contribution in [2.75, 3.05) is 0 Å². The highest BCUT2D eigenvalue weighted by molar-refractivity contribution is 9.11. The molecule has 0 spiro atoms. The smallest absolute Gasteiger partial charge is 0.198 e. The molecule has 0 fully saturated rings. The number of benzene rings is 2. The molecule has 0 bridgehead atoms. The highest BCUT2D eigenvalue weighted by atomic mass is 79.9. The first-order chi connectivity index (χ1) is 8.82. The van der Waals surface area contributed by atoms with E-state index in [0.29, 0.717) is 0 Å². The molecule has 0 aromatic heterocycles. The van der Waals surface area contributed by atoms with Gasteiger partial charge < -0.3 is 0 Å². The molecule has 102 valence electrons. The number of alkyl halides is 1. The van der Waals surface area contributed by atoms with Crippen LogP contribution in [0.1, 0.15) is 5.56 Å². The van der Waals surface area contributed by atoms with Crippen LogP contribution in [0.4, 0.5) is 26.3 Å². The van der Waals surface area contributed by atoms with Crippen molar-refractivity contribution in [3.05, 3.63) is 44.9 Å². The Hall–Kier alpha value is -0.760. The van der Waals surface area contributed by atoms with E-state index in [1.807, 2.05) is 0 Å². The Morgan fingerprint density at radius 3 is 1.53 bits per heavy atom. The number of rotatable bonds is 1. The highest BCUT2D eigenvalue weighted by Gasteiger charge is 2.28. The summed E-state index contributed by atoms with van der Waals surface area (Å²) in [4.78, 5) is 0. The number of hydrogen-bond acceptors (Lipinski definition) is 0. The maximum absolute atomic E-state index is 13.7. The molecule has 19 heavy (non-hydrogen) atoms. The van der Waals surface area contributed by atoms with Crippen molar-refractivity contribution in [2.24, 2.45) is 0 Å². The molecule has 0 N–H and O–H groups in total. The van der Waals surface area contributed by atoms with Gasteiger partial charge in [0, 0.05) is 20.8 Å². The topological polar surface area (TPSA) is 0 Å². The van der Waals surface area contributed by atoms with Crippen molar-refractivity contribution < 1.29 is 26.3 Å². The van der Waals surface area contributed by atoms with Gasteiger partial charge in [-0.2, -0.15) is 0 Å². The van der Waals surface area contributed by atoms with Gasteiger partial charge >= 0.3 is 0 Å². The number of halogens is 8. The van der Waals surface area contributed by atoms with Gasteiger partial charge in [-0.25, -0.2) is 26.3 Å². The SMILES string of the molecule is Fc1c(F)c(F)c2c(Br)c(CBr)c(F)c(F)c2c1F. The molecule has 0 saturated heterocycles. The predicted octanol–water partition coefficient (Wildman–Crippen LogP) is 5.33. The van der Waals surface area contributed by atoms with Crippen LogP contribution < -0.4 is 0 Å². The summed E-state index contributed by atoms with van der Waals surface area (Å²) >= 11 is 5.57. The van der Waals surface area contributed by atoms with Crippen LogP contribution in [0.15, 0.2) is 4.47 Å². The van der Waals surface area contributed by atoms with E-state index in [2.05, 4.69) is 31.9 Å². The van der Waals surface area contributed by atoms with Gasteiger partial charge in [0.25, 0.3) is 0 Å². The van der Waals surface area contributed by atoms with Gasteiger partial charge in [0.15, 0.2) is 34.9 Å². The van der Waals surface area contributed by atoms with Crippen LogP contribution in [0.25, 0.3) is 10.8 Å². The summed E-state index contributed by atoms with van der Waals surface area (Å²) < 4.78 is 80.1. The van der Waals surface area contributed by atoms with Gasteiger partial charge in [0.1, 0.15) is 0 Å². The van der Waals surface area contributed by atoms with E-state index in [9.17, 15) is 26.3 Å². The molecule has 0 aliphatic heterocycles. The molecule has 0 amide bonds. The van der Waals surface area contributed by atoms with Crippen molar-refractivity contribution >= 4 is 42.6 Å². The summed E-state index contributed by atoms with van der Waals surface area (Å²) in [5.74, 6) is -11.3. The van der Waals surface area contributed by atoms with Crippen molar-refractivity contribution in [1.82, 2.24) is 0 Å². The third-order valence-electron chi connectivity index (χ3n) is 2.56. The highest BCUT2D eigenvalue weighted by Crippen LogP contribution is 2.38. The predicted molar refractivity (Wildman–Crippen MR) is 64.0 cm³/mol. The standard InChI is InChI=1S/C11H2Br2F6/c12-1-2-5(13)3-4(8(16)6(2)14)9(17)11(19)10(18)7(3)15/h1H2. The van der Waals surface area contributed by atoms with E-state index >= 15 is 0 Å². The molecule has 0 atom stereocenters. The zero-order valence-electron chi connectivity index (χ0n) is 8.73. The Labute approximate surface area is 119 Å². The molecule has 0 unspecified atom stereocenters. The molecule has 0 saturated carbocycles. The number of fused-ring (bicyclic) bond motifs is 1. The minimum absolute atomic E-state index is 0.230. The van der Waals surface area contributed by atoms with E-state index < -0.39 is 45.7 Å². The second-order valence-corrected chi connectivity index (χ2v) is 4.91. The monoisotopic (exact) mass is 406 g/mol. The summed E-state index contributed by atoms with van der Waals surface area (Å²) in [5.41, 5.74) is -0.366. The average molecular weight is 408 g/mol. The van der Waals surface area contributed by atoms with Crippen molar-refractivity contribution in [1.29, 1.82) is 0 Å². The Bertz CT molecular complexity index is 698. The molecule has 0 aliphatic carbocycles. The van der Waals surface area contributed by atoms with Gasteiger partial charge in [-0.3, -0.25) is 0 Å². The van der Waals surface area contributed by atoms with E-state index in [-0.39, 0.29) is 15.4 Å². The van der Waals surface area contributed by atoms with Crippen molar-refractivity contribution in [2.45, 2.75) is 5.33 Å². The van der Waals surface area contributed by atoms with Crippen LogP contribution in [-0.4, -0.2) is 0 Å².